The van der Waals surface area contributed by atoms with Crippen LogP contribution in [0.2, 0.25) is 0 Å². The number of phenols is 1. The van der Waals surface area contributed by atoms with Gasteiger partial charge >= 0.3 is 0 Å². The van der Waals surface area contributed by atoms with Crippen LogP contribution in [0.4, 0.5) is 0 Å². The molecule has 2 aromatic carbocycles. The zero-order chi connectivity index (χ0) is 12.5. The van der Waals surface area contributed by atoms with Crippen LogP contribution in [0.25, 0.3) is 0 Å². The number of hydrogen-bond acceptors (Lipinski definition) is 1. The highest BCUT2D eigenvalue weighted by molar-refractivity contribution is 5.45. The van der Waals surface area contributed by atoms with Gasteiger partial charge in [-0.05, 0) is 34.9 Å². The van der Waals surface area contributed by atoms with Crippen LogP contribution >= 0.6 is 0 Å². The lowest BCUT2D eigenvalue weighted by atomic mass is 10.0. The minimum absolute atomic E-state index is 0.444. The smallest absolute Gasteiger partial charge is 0.119 e. The average Bonchev–Trinajstić information content (AvgIpc) is 3.14. The van der Waals surface area contributed by atoms with Crippen LogP contribution in [0.5, 0.6) is 5.75 Å². The SMILES string of the molecule is CC[C@@H]1[C@@H](c2ccccc2)[C@@H]1c1ccccc1O. The van der Waals surface area contributed by atoms with Gasteiger partial charge in [0.15, 0.2) is 0 Å². The highest BCUT2D eigenvalue weighted by Crippen LogP contribution is 2.63. The number of rotatable bonds is 3. The van der Waals surface area contributed by atoms with Crippen molar-refractivity contribution in [3.05, 3.63) is 65.7 Å². The van der Waals surface area contributed by atoms with Gasteiger partial charge in [-0.1, -0.05) is 61.9 Å². The molecule has 3 atom stereocenters. The lowest BCUT2D eigenvalue weighted by Crippen LogP contribution is -1.84. The molecule has 0 spiro atoms. The van der Waals surface area contributed by atoms with Crippen molar-refractivity contribution in [2.45, 2.75) is 25.2 Å². The predicted octanol–water partition coefficient (Wildman–Crippen LogP) is 4.30. The van der Waals surface area contributed by atoms with Gasteiger partial charge in [0.25, 0.3) is 0 Å². The van der Waals surface area contributed by atoms with E-state index < -0.39 is 0 Å². The van der Waals surface area contributed by atoms with E-state index in [2.05, 4.69) is 43.3 Å². The number of aromatic hydroxyl groups is 1. The van der Waals surface area contributed by atoms with Gasteiger partial charge in [-0.2, -0.15) is 0 Å². The van der Waals surface area contributed by atoms with Gasteiger partial charge in [0, 0.05) is 0 Å². The molecule has 0 bridgehead atoms. The molecular weight excluding hydrogens is 220 g/mol. The third-order valence-corrected chi connectivity index (χ3v) is 4.12. The summed E-state index contributed by atoms with van der Waals surface area (Å²) in [6, 6.07) is 18.4. The molecule has 0 saturated heterocycles. The van der Waals surface area contributed by atoms with E-state index in [1.54, 1.807) is 6.07 Å². The van der Waals surface area contributed by atoms with Crippen molar-refractivity contribution in [3.63, 3.8) is 0 Å². The van der Waals surface area contributed by atoms with Crippen molar-refractivity contribution in [3.8, 4) is 5.75 Å². The molecule has 92 valence electrons. The molecule has 1 fully saturated rings. The first kappa shape index (κ1) is 11.3. The Hall–Kier alpha value is -1.76. The Labute approximate surface area is 108 Å². The van der Waals surface area contributed by atoms with E-state index in [1.807, 2.05) is 12.1 Å². The minimum atomic E-state index is 0.444. The maximum atomic E-state index is 10.00. The Morgan fingerprint density at radius 2 is 1.56 bits per heavy atom. The standard InChI is InChI=1S/C17H18O/c1-2-13-16(12-8-4-3-5-9-12)17(13)14-10-6-7-11-15(14)18/h3-11,13,16-18H,2H2,1H3/t13-,16-,17+/m1/s1. The third kappa shape index (κ3) is 1.80. The van der Waals surface area contributed by atoms with Crippen LogP contribution in [0.15, 0.2) is 54.6 Å². The average molecular weight is 238 g/mol. The maximum absolute atomic E-state index is 10.00. The third-order valence-electron chi connectivity index (χ3n) is 4.12. The summed E-state index contributed by atoms with van der Waals surface area (Å²) in [7, 11) is 0. The first-order valence-corrected chi connectivity index (χ1v) is 6.65. The van der Waals surface area contributed by atoms with Crippen molar-refractivity contribution in [1.29, 1.82) is 0 Å². The molecule has 1 aliphatic carbocycles. The summed E-state index contributed by atoms with van der Waals surface area (Å²) >= 11 is 0. The van der Waals surface area contributed by atoms with Crippen molar-refractivity contribution >= 4 is 0 Å². The molecule has 1 N–H and O–H groups in total. The molecule has 1 aliphatic rings. The summed E-state index contributed by atoms with van der Waals surface area (Å²) in [5.41, 5.74) is 2.51. The Kier molecular flexibility index (Phi) is 2.83. The predicted molar refractivity (Wildman–Crippen MR) is 73.8 cm³/mol. The van der Waals surface area contributed by atoms with Crippen LogP contribution in [0, 0.1) is 5.92 Å². The van der Waals surface area contributed by atoms with E-state index in [4.69, 9.17) is 0 Å². The molecule has 0 heterocycles. The molecule has 0 radical (unpaired) electrons. The topological polar surface area (TPSA) is 20.2 Å². The number of hydrogen-bond donors (Lipinski definition) is 1. The molecule has 1 saturated carbocycles. The highest BCUT2D eigenvalue weighted by Gasteiger charge is 2.50. The fraction of sp³-hybridized carbons (Fsp3) is 0.294. The molecule has 0 aromatic heterocycles. The molecular formula is C17H18O. The number of benzene rings is 2. The van der Waals surface area contributed by atoms with Crippen LogP contribution in [0.1, 0.15) is 36.3 Å². The van der Waals surface area contributed by atoms with Gasteiger partial charge in [-0.3, -0.25) is 0 Å². The normalized spacial score (nSPS) is 25.9. The fourth-order valence-electron chi connectivity index (χ4n) is 3.21. The van der Waals surface area contributed by atoms with Gasteiger partial charge in [0.05, 0.1) is 0 Å². The van der Waals surface area contributed by atoms with E-state index in [0.29, 0.717) is 23.5 Å². The van der Waals surface area contributed by atoms with Crippen LogP contribution in [0.3, 0.4) is 0 Å². The van der Waals surface area contributed by atoms with Crippen molar-refractivity contribution in [2.75, 3.05) is 0 Å². The molecule has 1 nitrogen and oxygen atoms in total. The van der Waals surface area contributed by atoms with Crippen molar-refractivity contribution < 1.29 is 5.11 Å². The minimum Gasteiger partial charge on any atom is -0.508 e. The van der Waals surface area contributed by atoms with Gasteiger partial charge < -0.3 is 5.11 Å². The zero-order valence-corrected chi connectivity index (χ0v) is 10.6. The highest BCUT2D eigenvalue weighted by atomic mass is 16.3. The van der Waals surface area contributed by atoms with Crippen molar-refractivity contribution in [2.24, 2.45) is 5.92 Å². The van der Waals surface area contributed by atoms with Gasteiger partial charge in [0.1, 0.15) is 5.75 Å². The Bertz CT molecular complexity index is 532. The summed E-state index contributed by atoms with van der Waals surface area (Å²) < 4.78 is 0. The Balaban J connectivity index is 1.93. The largest absolute Gasteiger partial charge is 0.508 e. The summed E-state index contributed by atoms with van der Waals surface area (Å²) in [5.74, 6) is 2.17. The monoisotopic (exact) mass is 238 g/mol. The second-order valence-electron chi connectivity index (χ2n) is 5.09. The molecule has 0 unspecified atom stereocenters. The zero-order valence-electron chi connectivity index (χ0n) is 10.6. The first-order chi connectivity index (χ1) is 8.83. The van der Waals surface area contributed by atoms with Crippen LogP contribution in [-0.4, -0.2) is 5.11 Å². The van der Waals surface area contributed by atoms with E-state index in [0.717, 1.165) is 5.56 Å². The van der Waals surface area contributed by atoms with E-state index in [9.17, 15) is 5.11 Å². The quantitative estimate of drug-likeness (QED) is 0.845. The lowest BCUT2D eigenvalue weighted by molar-refractivity contribution is 0.467. The second-order valence-corrected chi connectivity index (χ2v) is 5.09. The summed E-state index contributed by atoms with van der Waals surface area (Å²) in [4.78, 5) is 0. The van der Waals surface area contributed by atoms with Gasteiger partial charge in [0.2, 0.25) is 0 Å². The van der Waals surface area contributed by atoms with E-state index in [1.165, 1.54) is 12.0 Å². The van der Waals surface area contributed by atoms with E-state index >= 15 is 0 Å². The van der Waals surface area contributed by atoms with E-state index in [-0.39, 0.29) is 0 Å². The maximum Gasteiger partial charge on any atom is 0.119 e. The second kappa shape index (κ2) is 4.49. The molecule has 0 aliphatic heterocycles. The summed E-state index contributed by atoms with van der Waals surface area (Å²) in [6.45, 7) is 2.24. The molecule has 0 amide bonds. The number of para-hydroxylation sites is 1. The van der Waals surface area contributed by atoms with Crippen molar-refractivity contribution in [1.82, 2.24) is 0 Å². The first-order valence-electron chi connectivity index (χ1n) is 6.65. The van der Waals surface area contributed by atoms with Crippen LogP contribution < -0.4 is 0 Å². The Morgan fingerprint density at radius 1 is 0.889 bits per heavy atom. The van der Waals surface area contributed by atoms with Gasteiger partial charge in [-0.15, -0.1) is 0 Å². The number of phenolic OH excluding ortho intramolecular Hbond substituents is 1. The molecule has 18 heavy (non-hydrogen) atoms. The van der Waals surface area contributed by atoms with Crippen LogP contribution in [-0.2, 0) is 0 Å². The fourth-order valence-corrected chi connectivity index (χ4v) is 3.21. The molecule has 1 heteroatoms. The lowest BCUT2D eigenvalue weighted by Gasteiger charge is -2.03. The van der Waals surface area contributed by atoms with Gasteiger partial charge in [-0.25, -0.2) is 0 Å². The Morgan fingerprint density at radius 3 is 2.22 bits per heavy atom. The summed E-state index contributed by atoms with van der Waals surface area (Å²) in [5, 5.41) is 10.00. The molecule has 3 rings (SSSR count). The summed E-state index contributed by atoms with van der Waals surface area (Å²) in [6.07, 6.45) is 1.17. The molecule has 2 aromatic rings.